The predicted octanol–water partition coefficient (Wildman–Crippen LogP) is 4.54. The maximum Gasteiger partial charge on any atom is 0.324 e. The van der Waals surface area contributed by atoms with Gasteiger partial charge in [-0.3, -0.25) is 14.9 Å². The molecule has 8 heteroatoms. The van der Waals surface area contributed by atoms with Crippen molar-refractivity contribution in [1.82, 2.24) is 5.32 Å². The number of benzene rings is 2. The zero-order valence-corrected chi connectivity index (χ0v) is 16.8. The highest BCUT2D eigenvalue weighted by Crippen LogP contribution is 2.24. The van der Waals surface area contributed by atoms with Crippen molar-refractivity contribution in [2.45, 2.75) is 18.9 Å². The molecule has 1 heterocycles. The van der Waals surface area contributed by atoms with Crippen LogP contribution in [0, 0.1) is 0 Å². The Labute approximate surface area is 177 Å². The molecule has 0 bridgehead atoms. The fourth-order valence-corrected chi connectivity index (χ4v) is 3.51. The number of hydrogen-bond donors (Lipinski definition) is 4. The van der Waals surface area contributed by atoms with Crippen molar-refractivity contribution < 1.29 is 14.4 Å². The smallest absolute Gasteiger partial charge is 0.324 e. The summed E-state index contributed by atoms with van der Waals surface area (Å²) in [6, 6.07) is 19.1. The molecular weight excluding hydrogens is 400 g/mol. The van der Waals surface area contributed by atoms with E-state index in [2.05, 4.69) is 21.3 Å². The van der Waals surface area contributed by atoms with E-state index in [0.717, 1.165) is 12.8 Å². The van der Waals surface area contributed by atoms with E-state index in [1.54, 1.807) is 48.5 Å². The molecule has 0 unspecified atom stereocenters. The number of anilines is 3. The topological polar surface area (TPSA) is 99.3 Å². The standard InChI is InChI=1S/C22H20N4O3S/c27-20(23-17-10-11-17)14-6-8-16(9-7-14)24-21(28)18-12-13-19(30-18)26-22(29)25-15-4-2-1-3-5-15/h1-9,12-13,17H,10-11H2,(H,23,27)(H,24,28)(H2,25,26,29). The van der Waals surface area contributed by atoms with Gasteiger partial charge in [-0.2, -0.15) is 0 Å². The molecule has 0 aliphatic heterocycles. The van der Waals surface area contributed by atoms with Crippen molar-refractivity contribution in [1.29, 1.82) is 0 Å². The molecule has 1 aliphatic rings. The van der Waals surface area contributed by atoms with Crippen molar-refractivity contribution in [2.75, 3.05) is 16.0 Å². The molecule has 1 aliphatic carbocycles. The minimum atomic E-state index is -0.380. The summed E-state index contributed by atoms with van der Waals surface area (Å²) in [7, 11) is 0. The van der Waals surface area contributed by atoms with Gasteiger partial charge in [0, 0.05) is 23.0 Å². The maximum absolute atomic E-state index is 12.5. The first-order chi connectivity index (χ1) is 14.6. The van der Waals surface area contributed by atoms with E-state index in [1.165, 1.54) is 11.3 Å². The Kier molecular flexibility index (Phi) is 5.76. The Morgan fingerprint density at radius 2 is 1.43 bits per heavy atom. The lowest BCUT2D eigenvalue weighted by atomic mass is 10.2. The summed E-state index contributed by atoms with van der Waals surface area (Å²) in [4.78, 5) is 37.0. The van der Waals surface area contributed by atoms with Gasteiger partial charge in [-0.1, -0.05) is 18.2 Å². The summed E-state index contributed by atoms with van der Waals surface area (Å²) >= 11 is 1.17. The van der Waals surface area contributed by atoms with E-state index >= 15 is 0 Å². The van der Waals surface area contributed by atoms with Crippen LogP contribution >= 0.6 is 11.3 Å². The number of para-hydroxylation sites is 1. The van der Waals surface area contributed by atoms with E-state index in [9.17, 15) is 14.4 Å². The van der Waals surface area contributed by atoms with Gasteiger partial charge in [-0.05, 0) is 61.4 Å². The molecule has 0 spiro atoms. The van der Waals surface area contributed by atoms with Crippen molar-refractivity contribution >= 4 is 45.6 Å². The second-order valence-corrected chi connectivity index (χ2v) is 7.97. The first kappa shape index (κ1) is 19.7. The van der Waals surface area contributed by atoms with E-state index in [0.29, 0.717) is 32.9 Å². The Hall–Kier alpha value is -3.65. The fraction of sp³-hybridized carbons (Fsp3) is 0.136. The molecule has 2 aromatic carbocycles. The third-order valence-electron chi connectivity index (χ3n) is 4.42. The highest BCUT2D eigenvalue weighted by atomic mass is 32.1. The van der Waals surface area contributed by atoms with E-state index in [4.69, 9.17) is 0 Å². The summed E-state index contributed by atoms with van der Waals surface area (Å²) < 4.78 is 0. The number of amides is 4. The largest absolute Gasteiger partial charge is 0.349 e. The minimum Gasteiger partial charge on any atom is -0.349 e. The van der Waals surface area contributed by atoms with Gasteiger partial charge in [-0.25, -0.2) is 4.79 Å². The van der Waals surface area contributed by atoms with E-state index in [1.807, 2.05) is 18.2 Å². The van der Waals surface area contributed by atoms with Crippen molar-refractivity contribution in [2.24, 2.45) is 0 Å². The number of carbonyl (C=O) groups excluding carboxylic acids is 3. The van der Waals surface area contributed by atoms with Gasteiger partial charge in [0.25, 0.3) is 11.8 Å². The Balaban J connectivity index is 1.31. The zero-order chi connectivity index (χ0) is 20.9. The Morgan fingerprint density at radius 1 is 0.733 bits per heavy atom. The number of hydrogen-bond acceptors (Lipinski definition) is 4. The number of thiophene rings is 1. The third kappa shape index (κ3) is 5.24. The van der Waals surface area contributed by atoms with Gasteiger partial charge in [0.1, 0.15) is 0 Å². The number of carbonyl (C=O) groups is 3. The highest BCUT2D eigenvalue weighted by molar-refractivity contribution is 7.18. The van der Waals surface area contributed by atoms with Crippen LogP contribution in [0.25, 0.3) is 0 Å². The SMILES string of the molecule is O=C(Nc1ccccc1)Nc1ccc(C(=O)Nc2ccc(C(=O)NC3CC3)cc2)s1. The predicted molar refractivity (Wildman–Crippen MR) is 118 cm³/mol. The molecule has 4 N–H and O–H groups in total. The Bertz CT molecular complexity index is 1060. The van der Waals surface area contributed by atoms with E-state index < -0.39 is 0 Å². The van der Waals surface area contributed by atoms with E-state index in [-0.39, 0.29) is 17.8 Å². The average Bonchev–Trinajstić information content (AvgIpc) is 3.43. The van der Waals surface area contributed by atoms with Gasteiger partial charge in [0.05, 0.1) is 9.88 Å². The normalized spacial score (nSPS) is 12.7. The second-order valence-electron chi connectivity index (χ2n) is 6.89. The molecule has 1 saturated carbocycles. The number of rotatable bonds is 6. The zero-order valence-electron chi connectivity index (χ0n) is 16.0. The molecule has 1 aromatic heterocycles. The van der Waals surface area contributed by atoms with Crippen molar-refractivity contribution in [3.8, 4) is 0 Å². The van der Waals surface area contributed by atoms with Gasteiger partial charge in [0.15, 0.2) is 0 Å². The first-order valence-corrected chi connectivity index (χ1v) is 10.3. The lowest BCUT2D eigenvalue weighted by molar-refractivity contribution is 0.0950. The van der Waals surface area contributed by atoms with Crippen LogP contribution in [0.4, 0.5) is 21.2 Å². The Morgan fingerprint density at radius 3 is 2.13 bits per heavy atom. The molecule has 4 amide bonds. The van der Waals surface area contributed by atoms with Crippen LogP contribution in [0.15, 0.2) is 66.7 Å². The summed E-state index contributed by atoms with van der Waals surface area (Å²) in [5.74, 6) is -0.384. The molecular formula is C22H20N4O3S. The van der Waals surface area contributed by atoms with Crippen molar-refractivity contribution in [3.63, 3.8) is 0 Å². The molecule has 7 nitrogen and oxygen atoms in total. The number of urea groups is 1. The van der Waals surface area contributed by atoms with Crippen LogP contribution in [-0.2, 0) is 0 Å². The monoisotopic (exact) mass is 420 g/mol. The van der Waals surface area contributed by atoms with Gasteiger partial charge >= 0.3 is 6.03 Å². The molecule has 0 radical (unpaired) electrons. The summed E-state index contributed by atoms with van der Waals surface area (Å²) in [5, 5.41) is 11.7. The summed E-state index contributed by atoms with van der Waals surface area (Å²) in [6.07, 6.45) is 2.07. The molecule has 0 saturated heterocycles. The molecule has 4 rings (SSSR count). The van der Waals surface area contributed by atoms with Gasteiger partial charge in [-0.15, -0.1) is 11.3 Å². The van der Waals surface area contributed by atoms with Crippen LogP contribution in [0.5, 0.6) is 0 Å². The lowest BCUT2D eigenvalue weighted by Gasteiger charge is -2.06. The van der Waals surface area contributed by atoms with Crippen LogP contribution in [0.3, 0.4) is 0 Å². The molecule has 1 fully saturated rings. The first-order valence-electron chi connectivity index (χ1n) is 9.52. The van der Waals surface area contributed by atoms with Gasteiger partial charge < -0.3 is 16.0 Å². The quantitative estimate of drug-likeness (QED) is 0.471. The molecule has 30 heavy (non-hydrogen) atoms. The minimum absolute atomic E-state index is 0.0990. The summed E-state index contributed by atoms with van der Waals surface area (Å²) in [6.45, 7) is 0. The van der Waals surface area contributed by atoms with Crippen LogP contribution in [0.1, 0.15) is 32.9 Å². The molecule has 0 atom stereocenters. The number of nitrogens with one attached hydrogen (secondary N) is 4. The third-order valence-corrected chi connectivity index (χ3v) is 5.42. The van der Waals surface area contributed by atoms with Crippen LogP contribution in [0.2, 0.25) is 0 Å². The second kappa shape index (κ2) is 8.79. The van der Waals surface area contributed by atoms with Crippen molar-refractivity contribution in [3.05, 3.63) is 77.2 Å². The van der Waals surface area contributed by atoms with Crippen LogP contribution < -0.4 is 21.3 Å². The van der Waals surface area contributed by atoms with Crippen LogP contribution in [-0.4, -0.2) is 23.9 Å². The molecule has 3 aromatic rings. The fourth-order valence-electron chi connectivity index (χ4n) is 2.72. The highest BCUT2D eigenvalue weighted by Gasteiger charge is 2.23. The summed E-state index contributed by atoms with van der Waals surface area (Å²) in [5.41, 5.74) is 1.83. The average molecular weight is 420 g/mol. The lowest BCUT2D eigenvalue weighted by Crippen LogP contribution is -2.25. The molecule has 152 valence electrons. The maximum atomic E-state index is 12.5. The van der Waals surface area contributed by atoms with Gasteiger partial charge in [0.2, 0.25) is 0 Å².